The molecule has 3 heterocycles. The number of sulfone groups is 1. The minimum Gasteiger partial charge on any atom is -0.291 e. The van der Waals surface area contributed by atoms with Gasteiger partial charge < -0.3 is 0 Å². The second-order valence-corrected chi connectivity index (χ2v) is 12.2. The lowest BCUT2D eigenvalue weighted by molar-refractivity contribution is 0.0796. The van der Waals surface area contributed by atoms with Crippen molar-refractivity contribution in [1.82, 2.24) is 19.7 Å². The highest BCUT2D eigenvalue weighted by Crippen LogP contribution is 2.51. The fraction of sp³-hybridized carbons (Fsp3) is 0.241. The van der Waals surface area contributed by atoms with Crippen LogP contribution < -0.4 is 0 Å². The molecule has 1 fully saturated rings. The first kappa shape index (κ1) is 24.4. The van der Waals surface area contributed by atoms with Crippen molar-refractivity contribution in [2.45, 2.75) is 42.9 Å². The lowest BCUT2D eigenvalue weighted by atomic mass is 9.61. The summed E-state index contributed by atoms with van der Waals surface area (Å²) >= 11 is 0. The highest BCUT2D eigenvalue weighted by Gasteiger charge is 2.52. The van der Waals surface area contributed by atoms with Gasteiger partial charge in [0, 0.05) is 12.4 Å². The Hall–Kier alpha value is -3.98. The Kier molecular flexibility index (Phi) is 5.83. The van der Waals surface area contributed by atoms with E-state index in [1.807, 2.05) is 13.0 Å². The topological polar surface area (TPSA) is 94.8 Å². The minimum absolute atomic E-state index is 0.0293. The zero-order valence-corrected chi connectivity index (χ0v) is 21.5. The molecule has 192 valence electrons. The van der Waals surface area contributed by atoms with E-state index in [-0.39, 0.29) is 23.0 Å². The summed E-state index contributed by atoms with van der Waals surface area (Å²) in [7, 11) is -3.77. The van der Waals surface area contributed by atoms with E-state index in [4.69, 9.17) is 0 Å². The molecule has 0 bridgehead atoms. The number of hydrogen-bond donors (Lipinski definition) is 0. The molecule has 4 aromatic rings. The summed E-state index contributed by atoms with van der Waals surface area (Å²) in [6, 6.07) is 14.5. The zero-order chi connectivity index (χ0) is 26.5. The van der Waals surface area contributed by atoms with Gasteiger partial charge in [0.05, 0.1) is 28.2 Å². The number of ketones is 1. The maximum Gasteiger partial charge on any atom is 0.198 e. The lowest BCUT2D eigenvalue weighted by Crippen LogP contribution is -2.46. The number of rotatable bonds is 5. The highest BCUT2D eigenvalue weighted by molar-refractivity contribution is 7.92. The normalized spacial score (nSPS) is 20.8. The fourth-order valence-electron chi connectivity index (χ4n) is 5.65. The molecule has 6 rings (SSSR count). The molecule has 0 unspecified atom stereocenters. The molecular weight excluding hydrogens is 503 g/mol. The van der Waals surface area contributed by atoms with Gasteiger partial charge in [0.15, 0.2) is 20.6 Å². The van der Waals surface area contributed by atoms with Crippen LogP contribution in [0.4, 0.5) is 4.39 Å². The van der Waals surface area contributed by atoms with E-state index in [1.54, 1.807) is 59.7 Å². The predicted molar refractivity (Wildman–Crippen MR) is 140 cm³/mol. The van der Waals surface area contributed by atoms with Crippen molar-refractivity contribution in [3.8, 4) is 5.69 Å². The van der Waals surface area contributed by atoms with Crippen molar-refractivity contribution in [3.05, 3.63) is 107 Å². The molecule has 1 aromatic carbocycles. The van der Waals surface area contributed by atoms with Crippen molar-refractivity contribution in [2.24, 2.45) is 5.41 Å². The third-order valence-electron chi connectivity index (χ3n) is 7.63. The summed E-state index contributed by atoms with van der Waals surface area (Å²) in [5.74, 6) is -0.531. The predicted octanol–water partition coefficient (Wildman–Crippen LogP) is 4.95. The zero-order valence-electron chi connectivity index (χ0n) is 20.7. The van der Waals surface area contributed by atoms with Gasteiger partial charge in [-0.2, -0.15) is 5.10 Å². The Morgan fingerprint density at radius 1 is 1.05 bits per heavy atom. The summed E-state index contributed by atoms with van der Waals surface area (Å²) in [6.07, 6.45) is 8.03. The van der Waals surface area contributed by atoms with Crippen LogP contribution in [0.1, 0.15) is 46.6 Å². The second-order valence-electron chi connectivity index (χ2n) is 10.00. The molecule has 2 atom stereocenters. The molecule has 2 aliphatic carbocycles. The molecule has 0 saturated heterocycles. The average Bonchev–Trinajstić information content (AvgIpc) is 3.34. The molecule has 2 aliphatic rings. The first-order valence-corrected chi connectivity index (χ1v) is 14.0. The van der Waals surface area contributed by atoms with Crippen molar-refractivity contribution in [3.63, 3.8) is 0 Å². The number of Topliss-reactive ketones (excluding diaryl/α,β-unsaturated/α-hetero) is 1. The van der Waals surface area contributed by atoms with E-state index in [1.165, 1.54) is 18.2 Å². The fourth-order valence-corrected chi connectivity index (χ4v) is 7.38. The van der Waals surface area contributed by atoms with E-state index in [0.29, 0.717) is 30.6 Å². The van der Waals surface area contributed by atoms with Crippen LogP contribution >= 0.6 is 0 Å². The molecule has 0 aliphatic heterocycles. The first-order valence-electron chi connectivity index (χ1n) is 12.4. The second kappa shape index (κ2) is 9.09. The number of aryl methyl sites for hydroxylation is 1. The first-order chi connectivity index (χ1) is 18.3. The number of halogens is 1. The highest BCUT2D eigenvalue weighted by atomic mass is 32.2. The van der Waals surface area contributed by atoms with Gasteiger partial charge in [-0.05, 0) is 92.3 Å². The molecule has 9 heteroatoms. The summed E-state index contributed by atoms with van der Waals surface area (Å²) in [6.45, 7) is 1.85. The van der Waals surface area contributed by atoms with E-state index >= 15 is 0 Å². The van der Waals surface area contributed by atoms with E-state index < -0.39 is 20.5 Å². The van der Waals surface area contributed by atoms with Crippen LogP contribution in [-0.2, 0) is 16.3 Å². The molecule has 0 amide bonds. The van der Waals surface area contributed by atoms with Crippen molar-refractivity contribution in [2.75, 3.05) is 0 Å². The third kappa shape index (κ3) is 3.98. The Bertz CT molecular complexity index is 1660. The molecule has 38 heavy (non-hydrogen) atoms. The minimum atomic E-state index is -3.77. The van der Waals surface area contributed by atoms with E-state index in [2.05, 4.69) is 15.1 Å². The Labute approximate surface area is 220 Å². The van der Waals surface area contributed by atoms with Crippen LogP contribution in [0.3, 0.4) is 0 Å². The summed E-state index contributed by atoms with van der Waals surface area (Å²) in [5, 5.41) is 3.80. The molecule has 0 N–H and O–H groups in total. The molecule has 0 spiro atoms. The number of carbonyl (C=O) groups is 1. The number of benzene rings is 1. The average molecular weight is 529 g/mol. The molecule has 0 radical (unpaired) electrons. The van der Waals surface area contributed by atoms with Crippen LogP contribution in [0.25, 0.3) is 11.8 Å². The van der Waals surface area contributed by atoms with Gasteiger partial charge in [-0.1, -0.05) is 17.7 Å². The van der Waals surface area contributed by atoms with Gasteiger partial charge in [0.25, 0.3) is 0 Å². The lowest BCUT2D eigenvalue weighted by Gasteiger charge is -2.43. The maximum atomic E-state index is 14.2. The Balaban J connectivity index is 1.45. The summed E-state index contributed by atoms with van der Waals surface area (Å²) in [5.41, 5.74) is 3.32. The molecular formula is C29H25FN4O3S. The van der Waals surface area contributed by atoms with Crippen molar-refractivity contribution in [1.29, 1.82) is 0 Å². The molecule has 1 saturated carbocycles. The number of carbonyl (C=O) groups excluding carboxylic acids is 1. The Morgan fingerprint density at radius 3 is 2.58 bits per heavy atom. The quantitative estimate of drug-likeness (QED) is 0.341. The van der Waals surface area contributed by atoms with Crippen LogP contribution in [0.2, 0.25) is 0 Å². The molecule has 7 nitrogen and oxygen atoms in total. The number of nitrogens with zero attached hydrogens (tertiary/aromatic N) is 4. The van der Waals surface area contributed by atoms with Crippen LogP contribution in [0.15, 0.2) is 83.8 Å². The monoisotopic (exact) mass is 528 g/mol. The SMILES string of the molecule is Cc1ccc(S(=O)(=O)[C@H]2CCC3=Cc4c(cnn4-c4ccc(F)cc4)C[C@]3(C(=O)c3ccccn3)C2)nc1. The number of fused-ring (bicyclic) bond motifs is 2. The van der Waals surface area contributed by atoms with Gasteiger partial charge in [-0.3, -0.25) is 9.78 Å². The van der Waals surface area contributed by atoms with Gasteiger partial charge in [0.2, 0.25) is 0 Å². The van der Waals surface area contributed by atoms with Crippen LogP contribution in [-0.4, -0.2) is 39.2 Å². The Morgan fingerprint density at radius 2 is 1.87 bits per heavy atom. The standard InChI is InChI=1S/C29H25FN4O3S/c1-19-5-12-27(32-17-19)38(36,37)24-11-6-21-14-26-20(18-33-34(26)23-9-7-22(30)8-10-23)15-29(21,16-24)28(35)25-4-2-3-13-31-25/h2-5,7-10,12-14,17-18,24H,6,11,15-16H2,1H3/t24-,29-/m0/s1. The number of hydrogen-bond acceptors (Lipinski definition) is 6. The smallest absolute Gasteiger partial charge is 0.198 e. The largest absolute Gasteiger partial charge is 0.291 e. The van der Waals surface area contributed by atoms with Crippen molar-refractivity contribution < 1.29 is 17.6 Å². The van der Waals surface area contributed by atoms with Gasteiger partial charge in [-0.25, -0.2) is 22.5 Å². The maximum absolute atomic E-state index is 14.2. The van der Waals surface area contributed by atoms with Crippen molar-refractivity contribution >= 4 is 21.7 Å². The molecule has 3 aromatic heterocycles. The van der Waals surface area contributed by atoms with Crippen LogP contribution in [0.5, 0.6) is 0 Å². The van der Waals surface area contributed by atoms with E-state index in [9.17, 15) is 17.6 Å². The van der Waals surface area contributed by atoms with E-state index in [0.717, 1.165) is 22.4 Å². The number of allylic oxidation sites excluding steroid dienone is 1. The number of aromatic nitrogens is 4. The number of pyridine rings is 2. The van der Waals surface area contributed by atoms with Crippen LogP contribution in [0, 0.1) is 18.2 Å². The van der Waals surface area contributed by atoms with Gasteiger partial charge >= 0.3 is 0 Å². The summed E-state index contributed by atoms with van der Waals surface area (Å²) < 4.78 is 42.6. The summed E-state index contributed by atoms with van der Waals surface area (Å²) in [4.78, 5) is 22.7. The van der Waals surface area contributed by atoms with Gasteiger partial charge in [-0.15, -0.1) is 0 Å². The third-order valence-corrected chi connectivity index (χ3v) is 9.74. The van der Waals surface area contributed by atoms with Gasteiger partial charge in [0.1, 0.15) is 11.5 Å².